The van der Waals surface area contributed by atoms with Crippen LogP contribution in [0.5, 0.6) is 0 Å². The van der Waals surface area contributed by atoms with E-state index in [-0.39, 0.29) is 45.5 Å². The molecule has 0 saturated heterocycles. The topological polar surface area (TPSA) is 66.8 Å². The van der Waals surface area contributed by atoms with Gasteiger partial charge in [0.05, 0.1) is 0 Å². The molecule has 2 N–H and O–H groups in total. The Hall–Kier alpha value is 1.66. The molecule has 0 fully saturated rings. The summed E-state index contributed by atoms with van der Waals surface area (Å²) in [6.45, 7) is 0. The molecule has 0 aliphatic carbocycles. The molecule has 0 saturated carbocycles. The average Bonchev–Trinajstić information content (AvgIpc) is 1.35. The molecule has 7 heteroatoms. The second kappa shape index (κ2) is 4.53. The molecule has 40 valence electrons. The number of phosphoric acid groups is 1. The summed E-state index contributed by atoms with van der Waals surface area (Å²) in [6.07, 6.45) is 0. The first kappa shape index (κ1) is 11.5. The molecule has 7 heavy (non-hydrogen) atoms. The first-order chi connectivity index (χ1) is 2.56. The van der Waals surface area contributed by atoms with E-state index >= 15 is 0 Å². The molecule has 0 rings (SSSR count). The van der Waals surface area contributed by atoms with Crippen LogP contribution in [-0.4, -0.2) is 63.3 Å². The summed E-state index contributed by atoms with van der Waals surface area (Å²) in [5.74, 6) is 0. The van der Waals surface area contributed by atoms with Crippen LogP contribution >= 0.6 is 7.82 Å². The number of rotatable bonds is 1. The normalized spacial score (nSPS) is 10.0. The van der Waals surface area contributed by atoms with Gasteiger partial charge < -0.3 is 14.2 Å². The molecular weight excluding hydrogens is 193 g/mol. The third-order valence-electron chi connectivity index (χ3n) is 0.238. The third-order valence-corrected chi connectivity index (χ3v) is 0.714. The van der Waals surface area contributed by atoms with Crippen LogP contribution in [0.25, 0.3) is 0 Å². The van der Waals surface area contributed by atoms with Crippen molar-refractivity contribution in [3.63, 3.8) is 0 Å². The van der Waals surface area contributed by atoms with Gasteiger partial charge >= 0.3 is 53.3 Å². The predicted octanol–water partition coefficient (Wildman–Crippen LogP) is -2.27. The SMILES string of the molecule is BOP(=O)(O)O.[SrH2]. The van der Waals surface area contributed by atoms with Crippen molar-refractivity contribution in [2.24, 2.45) is 0 Å². The van der Waals surface area contributed by atoms with Crippen molar-refractivity contribution in [2.45, 2.75) is 0 Å². The van der Waals surface area contributed by atoms with Crippen molar-refractivity contribution in [1.29, 1.82) is 0 Å². The molecule has 0 aromatic carbocycles. The predicted molar refractivity (Wildman–Crippen MR) is 30.2 cm³/mol. The van der Waals surface area contributed by atoms with Gasteiger partial charge in [-0.2, -0.15) is 0 Å². The summed E-state index contributed by atoms with van der Waals surface area (Å²) in [7, 11) is -3.20. The third kappa shape index (κ3) is 11.3. The van der Waals surface area contributed by atoms with Crippen LogP contribution in [0, 0.1) is 0 Å². The Labute approximate surface area is 79.2 Å². The second-order valence-corrected chi connectivity index (χ2v) is 2.02. The zero-order valence-corrected chi connectivity index (χ0v) is 4.05. The summed E-state index contributed by atoms with van der Waals surface area (Å²) in [4.78, 5) is 15.4. The first-order valence-corrected chi connectivity index (χ1v) is 2.70. The van der Waals surface area contributed by atoms with Crippen LogP contribution in [0.2, 0.25) is 0 Å². The molecule has 0 radical (unpaired) electrons. The van der Waals surface area contributed by atoms with Gasteiger partial charge in [0.25, 0.3) is 8.05 Å². The van der Waals surface area contributed by atoms with Crippen LogP contribution in [0.4, 0.5) is 0 Å². The molecule has 0 aromatic heterocycles. The Balaban J connectivity index is 0. The van der Waals surface area contributed by atoms with E-state index in [4.69, 9.17) is 9.79 Å². The van der Waals surface area contributed by atoms with Crippen molar-refractivity contribution >= 4 is 61.4 Å². The van der Waals surface area contributed by atoms with E-state index < -0.39 is 7.82 Å². The van der Waals surface area contributed by atoms with Gasteiger partial charge in [0, 0.05) is 0 Å². The van der Waals surface area contributed by atoms with Crippen molar-refractivity contribution < 1.29 is 18.8 Å². The Morgan fingerprint density at radius 1 is 1.57 bits per heavy atom. The summed E-state index contributed by atoms with van der Waals surface area (Å²) in [6, 6.07) is 0. The summed E-state index contributed by atoms with van der Waals surface area (Å²) >= 11 is 0. The maximum atomic E-state index is 9.47. The van der Waals surface area contributed by atoms with Crippen molar-refractivity contribution in [2.75, 3.05) is 0 Å². The van der Waals surface area contributed by atoms with E-state index in [0.29, 0.717) is 0 Å². The van der Waals surface area contributed by atoms with Gasteiger partial charge in [-0.1, -0.05) is 0 Å². The summed E-state index contributed by atoms with van der Waals surface area (Å²) in [5, 5.41) is 0. The Kier molecular flexibility index (Phi) is 7.40. The van der Waals surface area contributed by atoms with E-state index in [9.17, 15) is 4.57 Å². The first-order valence-electron chi connectivity index (χ1n) is 1.17. The van der Waals surface area contributed by atoms with Crippen LogP contribution < -0.4 is 0 Å². The van der Waals surface area contributed by atoms with Crippen LogP contribution in [-0.2, 0) is 9.01 Å². The quantitative estimate of drug-likeness (QED) is 0.369. The molecule has 4 nitrogen and oxygen atoms in total. The van der Waals surface area contributed by atoms with Gasteiger partial charge in [0.2, 0.25) is 0 Å². The van der Waals surface area contributed by atoms with Gasteiger partial charge in [0.15, 0.2) is 0 Å². The Morgan fingerprint density at radius 2 is 1.71 bits per heavy atom. The standard InChI is InChI=1S/BH4O4P.Sr.2H/c1-5-6(2,3)4;;;/h1H2,(H2,2,3,4);;;. The summed E-state index contributed by atoms with van der Waals surface area (Å²) in [5.41, 5.74) is 0. The van der Waals surface area contributed by atoms with E-state index in [1.54, 1.807) is 0 Å². The summed E-state index contributed by atoms with van der Waals surface area (Å²) < 4.78 is 13.1. The molecule has 0 aliphatic heterocycles. The van der Waals surface area contributed by atoms with Gasteiger partial charge in [-0.15, -0.1) is 0 Å². The zero-order valence-electron chi connectivity index (χ0n) is 3.16. The fraction of sp³-hybridized carbons (Fsp3) is 0. The molecule has 0 amide bonds. The number of hydrogen-bond donors (Lipinski definition) is 2. The Morgan fingerprint density at radius 3 is 1.71 bits per heavy atom. The van der Waals surface area contributed by atoms with Crippen molar-refractivity contribution in [3.8, 4) is 0 Å². The van der Waals surface area contributed by atoms with E-state index in [1.807, 2.05) is 0 Å². The van der Waals surface area contributed by atoms with Crippen LogP contribution in [0.1, 0.15) is 0 Å². The van der Waals surface area contributed by atoms with Crippen LogP contribution in [0.3, 0.4) is 0 Å². The van der Waals surface area contributed by atoms with Gasteiger partial charge in [0.1, 0.15) is 0 Å². The van der Waals surface area contributed by atoms with Gasteiger partial charge in [-0.05, 0) is 0 Å². The van der Waals surface area contributed by atoms with Crippen LogP contribution in [0.15, 0.2) is 0 Å². The molecule has 0 aromatic rings. The minimum absolute atomic E-state index is 0. The monoisotopic (exact) mass is 200 g/mol. The van der Waals surface area contributed by atoms with Gasteiger partial charge in [-0.3, -0.25) is 0 Å². The molecule has 0 aliphatic rings. The van der Waals surface area contributed by atoms with E-state index in [2.05, 4.69) is 4.44 Å². The van der Waals surface area contributed by atoms with Crippen molar-refractivity contribution in [3.05, 3.63) is 0 Å². The van der Waals surface area contributed by atoms with E-state index in [1.165, 1.54) is 0 Å². The molecular formula is H6BO4PSr. The average molecular weight is 199 g/mol. The fourth-order valence-electron chi connectivity index (χ4n) is 0. The van der Waals surface area contributed by atoms with Crippen molar-refractivity contribution in [1.82, 2.24) is 0 Å². The zero-order chi connectivity index (χ0) is 5.21. The van der Waals surface area contributed by atoms with Gasteiger partial charge in [-0.25, -0.2) is 4.57 Å². The molecule has 0 heterocycles. The molecule has 0 bridgehead atoms. The van der Waals surface area contributed by atoms with E-state index in [0.717, 1.165) is 8.05 Å². The molecule has 0 spiro atoms. The minimum atomic E-state index is -4.15. The number of hydrogen-bond acceptors (Lipinski definition) is 2. The Bertz CT molecular complexity index is 75.8. The molecule has 0 atom stereocenters. The maximum absolute atomic E-state index is 9.47. The fourth-order valence-corrected chi connectivity index (χ4v) is 0. The second-order valence-electron chi connectivity index (χ2n) is 0.673. The molecule has 0 unspecified atom stereocenters.